The topological polar surface area (TPSA) is 45.4 Å². The molecule has 1 aromatic heterocycles. The largest absolute Gasteiger partial charge is 0.384 e. The van der Waals surface area contributed by atoms with Gasteiger partial charge < -0.3 is 10.6 Å². The zero-order valence-corrected chi connectivity index (χ0v) is 11.5. The van der Waals surface area contributed by atoms with Crippen LogP contribution in [0.4, 0.5) is 5.82 Å². The van der Waals surface area contributed by atoms with Crippen LogP contribution in [-0.4, -0.2) is 47.0 Å². The van der Waals surface area contributed by atoms with Crippen molar-refractivity contribution in [2.75, 3.05) is 31.9 Å². The van der Waals surface area contributed by atoms with Gasteiger partial charge in [0.15, 0.2) is 0 Å². The summed E-state index contributed by atoms with van der Waals surface area (Å²) in [5.41, 5.74) is 6.86. The van der Waals surface area contributed by atoms with Gasteiger partial charge in [-0.05, 0) is 31.5 Å². The molecule has 2 rings (SSSR count). The first-order valence-corrected chi connectivity index (χ1v) is 6.86. The fourth-order valence-corrected chi connectivity index (χ4v) is 2.59. The lowest BCUT2D eigenvalue weighted by Gasteiger charge is -2.39. The summed E-state index contributed by atoms with van der Waals surface area (Å²) in [4.78, 5) is 9.24. The zero-order chi connectivity index (χ0) is 13.0. The molecule has 1 aliphatic rings. The molecule has 100 valence electrons. The molecule has 1 atom stereocenters. The van der Waals surface area contributed by atoms with Gasteiger partial charge in [-0.3, -0.25) is 4.90 Å². The molecule has 2 N–H and O–H groups in total. The lowest BCUT2D eigenvalue weighted by Crippen LogP contribution is -2.51. The molecular weight excluding hydrogens is 224 g/mol. The molecule has 2 heterocycles. The Morgan fingerprint density at radius 1 is 1.39 bits per heavy atom. The van der Waals surface area contributed by atoms with Crippen LogP contribution >= 0.6 is 0 Å². The van der Waals surface area contributed by atoms with E-state index < -0.39 is 0 Å². The van der Waals surface area contributed by atoms with Gasteiger partial charge in [0.25, 0.3) is 0 Å². The van der Waals surface area contributed by atoms with Crippen molar-refractivity contribution in [3.8, 4) is 0 Å². The second-order valence-electron chi connectivity index (χ2n) is 5.21. The lowest BCUT2D eigenvalue weighted by molar-refractivity contribution is 0.0778. The minimum Gasteiger partial charge on any atom is -0.384 e. The number of hydrogen-bond donors (Lipinski definition) is 1. The third-order valence-corrected chi connectivity index (χ3v) is 3.62. The van der Waals surface area contributed by atoms with Gasteiger partial charge in [0.05, 0.1) is 0 Å². The molecule has 0 radical (unpaired) electrons. The summed E-state index contributed by atoms with van der Waals surface area (Å²) < 4.78 is 0. The van der Waals surface area contributed by atoms with Crippen LogP contribution in [-0.2, 0) is 6.54 Å². The molecule has 1 aromatic rings. The maximum atomic E-state index is 5.61. The van der Waals surface area contributed by atoms with E-state index in [1.54, 1.807) is 0 Å². The Bertz CT molecular complexity index is 363. The highest BCUT2D eigenvalue weighted by atomic mass is 15.3. The van der Waals surface area contributed by atoms with E-state index in [2.05, 4.69) is 34.7 Å². The van der Waals surface area contributed by atoms with Crippen molar-refractivity contribution in [2.24, 2.45) is 0 Å². The number of aromatic nitrogens is 1. The van der Waals surface area contributed by atoms with Gasteiger partial charge in [0, 0.05) is 38.4 Å². The van der Waals surface area contributed by atoms with Crippen molar-refractivity contribution in [1.82, 2.24) is 14.8 Å². The Balaban J connectivity index is 1.89. The van der Waals surface area contributed by atoms with Crippen molar-refractivity contribution < 1.29 is 0 Å². The first-order valence-electron chi connectivity index (χ1n) is 6.86. The summed E-state index contributed by atoms with van der Waals surface area (Å²) in [6.07, 6.45) is 3.13. The molecule has 18 heavy (non-hydrogen) atoms. The Morgan fingerprint density at radius 2 is 2.22 bits per heavy atom. The minimum absolute atomic E-state index is 0.597. The maximum absolute atomic E-state index is 5.61. The Hall–Kier alpha value is -1.13. The molecule has 0 amide bonds. The Morgan fingerprint density at radius 3 is 2.83 bits per heavy atom. The quantitative estimate of drug-likeness (QED) is 0.878. The number of hydrogen-bond acceptors (Lipinski definition) is 4. The summed E-state index contributed by atoms with van der Waals surface area (Å²) in [5.74, 6) is 0.597. The third-order valence-electron chi connectivity index (χ3n) is 3.62. The van der Waals surface area contributed by atoms with Crippen molar-refractivity contribution in [1.29, 1.82) is 0 Å². The number of pyridine rings is 1. The molecule has 4 nitrogen and oxygen atoms in total. The fraction of sp³-hybridized carbons (Fsp3) is 0.643. The van der Waals surface area contributed by atoms with Crippen LogP contribution in [0, 0.1) is 0 Å². The van der Waals surface area contributed by atoms with Crippen molar-refractivity contribution >= 4 is 5.82 Å². The number of anilines is 1. The molecule has 0 saturated carbocycles. The van der Waals surface area contributed by atoms with E-state index in [1.165, 1.54) is 31.6 Å². The fourth-order valence-electron chi connectivity index (χ4n) is 2.59. The van der Waals surface area contributed by atoms with Crippen LogP contribution in [0.3, 0.4) is 0 Å². The molecule has 0 aromatic carbocycles. The van der Waals surface area contributed by atoms with E-state index >= 15 is 0 Å². The molecular formula is C14H24N4. The highest BCUT2D eigenvalue weighted by Gasteiger charge is 2.22. The number of nitrogen functional groups attached to an aromatic ring is 1. The summed E-state index contributed by atoms with van der Waals surface area (Å²) in [7, 11) is 0. The predicted molar refractivity (Wildman–Crippen MR) is 75.3 cm³/mol. The molecule has 0 bridgehead atoms. The average molecular weight is 248 g/mol. The SMILES string of the molecule is CCCN1CCN(Cc2ccc(N)nc2)[C@@H](C)C1. The highest BCUT2D eigenvalue weighted by molar-refractivity contribution is 5.29. The monoisotopic (exact) mass is 248 g/mol. The van der Waals surface area contributed by atoms with Crippen molar-refractivity contribution in [2.45, 2.75) is 32.9 Å². The van der Waals surface area contributed by atoms with Crippen LogP contribution in [0.25, 0.3) is 0 Å². The van der Waals surface area contributed by atoms with E-state index in [1.807, 2.05) is 12.3 Å². The molecule has 4 heteroatoms. The van der Waals surface area contributed by atoms with E-state index in [9.17, 15) is 0 Å². The molecule has 1 saturated heterocycles. The van der Waals surface area contributed by atoms with Gasteiger partial charge >= 0.3 is 0 Å². The highest BCUT2D eigenvalue weighted by Crippen LogP contribution is 2.14. The van der Waals surface area contributed by atoms with Gasteiger partial charge in [-0.1, -0.05) is 13.0 Å². The van der Waals surface area contributed by atoms with Crippen LogP contribution in [0.5, 0.6) is 0 Å². The second-order valence-corrected chi connectivity index (χ2v) is 5.21. The number of nitrogens with two attached hydrogens (primary N) is 1. The summed E-state index contributed by atoms with van der Waals surface area (Å²) in [6.45, 7) is 10.3. The van der Waals surface area contributed by atoms with E-state index in [-0.39, 0.29) is 0 Å². The van der Waals surface area contributed by atoms with Gasteiger partial charge in [0.2, 0.25) is 0 Å². The van der Waals surface area contributed by atoms with Crippen molar-refractivity contribution in [3.05, 3.63) is 23.9 Å². The van der Waals surface area contributed by atoms with Gasteiger partial charge in [0.1, 0.15) is 5.82 Å². The van der Waals surface area contributed by atoms with Crippen LogP contribution in [0.1, 0.15) is 25.8 Å². The van der Waals surface area contributed by atoms with Crippen LogP contribution < -0.4 is 5.73 Å². The average Bonchev–Trinajstić information content (AvgIpc) is 2.36. The number of nitrogens with zero attached hydrogens (tertiary/aromatic N) is 3. The van der Waals surface area contributed by atoms with Gasteiger partial charge in [-0.2, -0.15) is 0 Å². The van der Waals surface area contributed by atoms with Gasteiger partial charge in [-0.15, -0.1) is 0 Å². The van der Waals surface area contributed by atoms with Gasteiger partial charge in [-0.25, -0.2) is 4.98 Å². The van der Waals surface area contributed by atoms with E-state index in [4.69, 9.17) is 5.73 Å². The first-order chi connectivity index (χ1) is 8.69. The molecule has 0 spiro atoms. The predicted octanol–water partition coefficient (Wildman–Crippen LogP) is 1.58. The third kappa shape index (κ3) is 3.43. The van der Waals surface area contributed by atoms with Crippen LogP contribution in [0.2, 0.25) is 0 Å². The smallest absolute Gasteiger partial charge is 0.123 e. The second kappa shape index (κ2) is 6.16. The molecule has 0 aliphatic carbocycles. The molecule has 1 fully saturated rings. The Kier molecular flexibility index (Phi) is 4.55. The Labute approximate surface area is 110 Å². The summed E-state index contributed by atoms with van der Waals surface area (Å²) in [6, 6.07) is 4.57. The standard InChI is InChI=1S/C14H24N4/c1-3-6-17-7-8-18(12(2)10-17)11-13-4-5-14(15)16-9-13/h4-5,9,12H,3,6-8,10-11H2,1-2H3,(H2,15,16)/t12-/m0/s1. The zero-order valence-electron chi connectivity index (χ0n) is 11.5. The normalized spacial score (nSPS) is 22.2. The lowest BCUT2D eigenvalue weighted by atomic mass is 10.1. The maximum Gasteiger partial charge on any atom is 0.123 e. The van der Waals surface area contributed by atoms with Crippen LogP contribution in [0.15, 0.2) is 18.3 Å². The number of piperazine rings is 1. The summed E-state index contributed by atoms with van der Waals surface area (Å²) >= 11 is 0. The van der Waals surface area contributed by atoms with Crippen molar-refractivity contribution in [3.63, 3.8) is 0 Å². The molecule has 1 aliphatic heterocycles. The first kappa shape index (κ1) is 13.3. The van der Waals surface area contributed by atoms with E-state index in [0.29, 0.717) is 11.9 Å². The number of rotatable bonds is 4. The molecule has 0 unspecified atom stereocenters. The minimum atomic E-state index is 0.597. The summed E-state index contributed by atoms with van der Waals surface area (Å²) in [5, 5.41) is 0. The van der Waals surface area contributed by atoms with E-state index in [0.717, 1.165) is 13.1 Å².